The molecule has 0 radical (unpaired) electrons. The maximum atomic E-state index is 5.12. The first kappa shape index (κ1) is 22.7. The van der Waals surface area contributed by atoms with Crippen LogP contribution in [0.25, 0.3) is 72.4 Å². The van der Waals surface area contributed by atoms with Crippen LogP contribution in [0.2, 0.25) is 0 Å². The molecule has 0 spiro atoms. The van der Waals surface area contributed by atoms with Gasteiger partial charge in [-0.25, -0.2) is 15.0 Å². The summed E-state index contributed by atoms with van der Waals surface area (Å²) in [5, 5.41) is 1.07. The fraction of sp³-hybridized carbons (Fsp3) is 0.0571. The molecule has 0 aliphatic heterocycles. The van der Waals surface area contributed by atoms with Crippen LogP contribution in [0.5, 0.6) is 0 Å². The predicted octanol–water partition coefficient (Wildman–Crippen LogP) is 8.41. The smallest absolute Gasteiger partial charge is 0.141 e. The minimum absolute atomic E-state index is 0.866. The molecule has 0 atom stereocenters. The molecule has 0 N–H and O–H groups in total. The second kappa shape index (κ2) is 8.89. The number of nitrogens with zero attached hydrogens (tertiary/aromatic N) is 5. The van der Waals surface area contributed by atoms with E-state index in [4.69, 9.17) is 15.0 Å². The zero-order valence-electron chi connectivity index (χ0n) is 22.0. The largest absolute Gasteiger partial charge is 0.324 e. The Labute approximate surface area is 231 Å². The minimum Gasteiger partial charge on any atom is -0.324 e. The summed E-state index contributed by atoms with van der Waals surface area (Å²) in [4.78, 5) is 15.1. The van der Waals surface area contributed by atoms with Gasteiger partial charge in [0.25, 0.3) is 0 Å². The van der Waals surface area contributed by atoms with Gasteiger partial charge in [0.05, 0.1) is 27.8 Å². The Morgan fingerprint density at radius 3 is 2.23 bits per heavy atom. The zero-order chi connectivity index (χ0) is 26.6. The third-order valence-electron chi connectivity index (χ3n) is 7.73. The van der Waals surface area contributed by atoms with Crippen molar-refractivity contribution in [3.05, 3.63) is 121 Å². The monoisotopic (exact) mass is 515 g/mol. The van der Waals surface area contributed by atoms with Gasteiger partial charge in [-0.1, -0.05) is 78.9 Å². The molecule has 0 saturated heterocycles. The quantitative estimate of drug-likeness (QED) is 0.236. The SMILES string of the molecule is CCn1c(-c2cccc(-c3ccc(-c4nc5ccccc5c5nc6ccccn6c45)cc3)c2)nc2ccccc21. The van der Waals surface area contributed by atoms with Gasteiger partial charge in [-0.3, -0.25) is 4.40 Å². The number of hydrogen-bond donors (Lipinski definition) is 0. The van der Waals surface area contributed by atoms with Gasteiger partial charge in [0.1, 0.15) is 17.0 Å². The number of para-hydroxylation sites is 3. The number of hydrogen-bond acceptors (Lipinski definition) is 3. The van der Waals surface area contributed by atoms with Gasteiger partial charge in [-0.05, 0) is 54.4 Å². The second-order valence-corrected chi connectivity index (χ2v) is 10.0. The zero-order valence-corrected chi connectivity index (χ0v) is 22.0. The van der Waals surface area contributed by atoms with E-state index in [1.165, 1.54) is 0 Å². The molecular formula is C35H25N5. The number of fused-ring (bicyclic) bond motifs is 6. The lowest BCUT2D eigenvalue weighted by molar-refractivity contribution is 0.796. The van der Waals surface area contributed by atoms with Crippen LogP contribution in [0.3, 0.4) is 0 Å². The third kappa shape index (κ3) is 3.45. The van der Waals surface area contributed by atoms with Crippen molar-refractivity contribution < 1.29 is 0 Å². The average molecular weight is 516 g/mol. The molecule has 8 aromatic rings. The van der Waals surface area contributed by atoms with Crippen molar-refractivity contribution in [2.24, 2.45) is 0 Å². The van der Waals surface area contributed by atoms with Crippen LogP contribution in [0, 0.1) is 0 Å². The number of imidazole rings is 2. The van der Waals surface area contributed by atoms with E-state index in [0.29, 0.717) is 0 Å². The second-order valence-electron chi connectivity index (χ2n) is 10.0. The predicted molar refractivity (Wildman–Crippen MR) is 163 cm³/mol. The molecule has 0 fully saturated rings. The Balaban J connectivity index is 1.24. The lowest BCUT2D eigenvalue weighted by Crippen LogP contribution is -1.97. The summed E-state index contributed by atoms with van der Waals surface area (Å²) >= 11 is 0. The maximum Gasteiger partial charge on any atom is 0.141 e. The van der Waals surface area contributed by atoms with Crippen molar-refractivity contribution in [1.29, 1.82) is 0 Å². The highest BCUT2D eigenvalue weighted by atomic mass is 15.1. The van der Waals surface area contributed by atoms with Crippen LogP contribution in [0.1, 0.15) is 6.92 Å². The lowest BCUT2D eigenvalue weighted by atomic mass is 10.00. The molecular weight excluding hydrogens is 490 g/mol. The van der Waals surface area contributed by atoms with Crippen LogP contribution in [-0.4, -0.2) is 23.9 Å². The van der Waals surface area contributed by atoms with Gasteiger partial charge in [-0.2, -0.15) is 0 Å². The van der Waals surface area contributed by atoms with Crippen molar-refractivity contribution in [2.45, 2.75) is 13.5 Å². The summed E-state index contributed by atoms with van der Waals surface area (Å²) < 4.78 is 4.42. The molecule has 0 aliphatic carbocycles. The Hall–Kier alpha value is -5.29. The van der Waals surface area contributed by atoms with Crippen LogP contribution in [0.4, 0.5) is 0 Å². The number of aryl methyl sites for hydroxylation is 1. The highest BCUT2D eigenvalue weighted by molar-refractivity contribution is 6.09. The summed E-state index contributed by atoms with van der Waals surface area (Å²) in [6.07, 6.45) is 2.06. The fourth-order valence-corrected chi connectivity index (χ4v) is 5.83. The molecule has 8 rings (SSSR count). The Bertz CT molecular complexity index is 2200. The van der Waals surface area contributed by atoms with E-state index < -0.39 is 0 Å². The van der Waals surface area contributed by atoms with Gasteiger partial charge >= 0.3 is 0 Å². The van der Waals surface area contributed by atoms with Crippen LogP contribution in [-0.2, 0) is 6.54 Å². The molecule has 4 aromatic heterocycles. The normalized spacial score (nSPS) is 11.7. The van der Waals surface area contributed by atoms with Crippen LogP contribution >= 0.6 is 0 Å². The summed E-state index contributed by atoms with van der Waals surface area (Å²) in [6, 6.07) is 40.0. The van der Waals surface area contributed by atoms with Gasteiger partial charge in [0.2, 0.25) is 0 Å². The molecule has 5 heteroatoms. The first-order valence-corrected chi connectivity index (χ1v) is 13.6. The number of aromatic nitrogens is 5. The summed E-state index contributed by atoms with van der Waals surface area (Å²) in [6.45, 7) is 3.03. The van der Waals surface area contributed by atoms with E-state index in [0.717, 1.165) is 78.9 Å². The molecule has 190 valence electrons. The van der Waals surface area contributed by atoms with E-state index in [2.05, 4.69) is 101 Å². The van der Waals surface area contributed by atoms with E-state index in [1.807, 2.05) is 36.4 Å². The first-order valence-electron chi connectivity index (χ1n) is 13.6. The molecule has 0 saturated carbocycles. The van der Waals surface area contributed by atoms with E-state index >= 15 is 0 Å². The third-order valence-corrected chi connectivity index (χ3v) is 7.73. The molecule has 0 bridgehead atoms. The van der Waals surface area contributed by atoms with E-state index in [1.54, 1.807) is 0 Å². The standard InChI is InChI=1S/C35H25N5/c1-2-39-30-15-6-5-14-29(30)37-35(39)26-11-9-10-25(22-26)23-17-19-24(20-18-23)32-34-33(27-12-3-4-13-28(27)36-32)38-31-16-7-8-21-40(31)34/h3-22H,2H2,1H3. The van der Waals surface area contributed by atoms with Crippen LogP contribution < -0.4 is 0 Å². The molecule has 4 aromatic carbocycles. The van der Waals surface area contributed by atoms with Gasteiger partial charge < -0.3 is 4.57 Å². The van der Waals surface area contributed by atoms with Crippen molar-refractivity contribution >= 4 is 38.6 Å². The van der Waals surface area contributed by atoms with Crippen LogP contribution in [0.15, 0.2) is 121 Å². The maximum absolute atomic E-state index is 5.12. The van der Waals surface area contributed by atoms with Crippen molar-refractivity contribution in [3.8, 4) is 33.8 Å². The van der Waals surface area contributed by atoms with Crippen molar-refractivity contribution in [1.82, 2.24) is 23.9 Å². The average Bonchev–Trinajstić information content (AvgIpc) is 3.60. The molecule has 0 aliphatic rings. The summed E-state index contributed by atoms with van der Waals surface area (Å²) in [5.74, 6) is 0.998. The highest BCUT2D eigenvalue weighted by Crippen LogP contribution is 2.34. The van der Waals surface area contributed by atoms with Gasteiger partial charge in [0, 0.05) is 29.3 Å². The fourth-order valence-electron chi connectivity index (χ4n) is 5.83. The van der Waals surface area contributed by atoms with E-state index in [-0.39, 0.29) is 0 Å². The lowest BCUT2D eigenvalue weighted by Gasteiger charge is -2.10. The van der Waals surface area contributed by atoms with Crippen molar-refractivity contribution in [2.75, 3.05) is 0 Å². The Morgan fingerprint density at radius 1 is 0.600 bits per heavy atom. The number of benzene rings is 4. The summed E-state index contributed by atoms with van der Waals surface area (Å²) in [5.41, 5.74) is 11.5. The molecule has 40 heavy (non-hydrogen) atoms. The molecule has 4 heterocycles. The Kier molecular flexibility index (Phi) is 5.04. The first-order chi connectivity index (χ1) is 19.8. The van der Waals surface area contributed by atoms with Gasteiger partial charge in [-0.15, -0.1) is 0 Å². The van der Waals surface area contributed by atoms with Gasteiger partial charge in [0.15, 0.2) is 0 Å². The number of rotatable bonds is 4. The summed E-state index contributed by atoms with van der Waals surface area (Å²) in [7, 11) is 0. The molecule has 5 nitrogen and oxygen atoms in total. The molecule has 0 unspecified atom stereocenters. The number of pyridine rings is 2. The topological polar surface area (TPSA) is 48.0 Å². The van der Waals surface area contributed by atoms with E-state index in [9.17, 15) is 0 Å². The molecule has 0 amide bonds. The Morgan fingerprint density at radius 2 is 1.35 bits per heavy atom. The highest BCUT2D eigenvalue weighted by Gasteiger charge is 2.17. The van der Waals surface area contributed by atoms with Crippen molar-refractivity contribution in [3.63, 3.8) is 0 Å². The minimum atomic E-state index is 0.866.